The third kappa shape index (κ3) is 5.31. The van der Waals surface area contributed by atoms with E-state index in [0.29, 0.717) is 11.3 Å². The van der Waals surface area contributed by atoms with Gasteiger partial charge in [0.2, 0.25) is 5.91 Å². The number of hydrogen-bond acceptors (Lipinski definition) is 2. The molecule has 1 saturated carbocycles. The minimum Gasteiger partial charge on any atom is -0.354 e. The molecule has 19 heavy (non-hydrogen) atoms. The summed E-state index contributed by atoms with van der Waals surface area (Å²) in [6, 6.07) is -0.355. The lowest BCUT2D eigenvalue weighted by molar-refractivity contribution is -0.124. The van der Waals surface area contributed by atoms with E-state index >= 15 is 0 Å². The average Bonchev–Trinajstić information content (AvgIpc) is 2.29. The Morgan fingerprint density at radius 3 is 2.26 bits per heavy atom. The van der Waals surface area contributed by atoms with Gasteiger partial charge >= 0.3 is 0 Å². The van der Waals surface area contributed by atoms with Crippen LogP contribution >= 0.6 is 12.4 Å². The maximum Gasteiger partial charge on any atom is 0.237 e. The zero-order valence-electron chi connectivity index (χ0n) is 12.9. The predicted octanol–water partition coefficient (Wildman–Crippen LogP) is 3.11. The van der Waals surface area contributed by atoms with E-state index in [1.807, 2.05) is 6.92 Å². The van der Waals surface area contributed by atoms with Gasteiger partial charge in [0.1, 0.15) is 0 Å². The number of halogens is 1. The molecule has 0 aliphatic heterocycles. The number of amides is 1. The minimum atomic E-state index is -0.355. The Bertz CT molecular complexity index is 277. The van der Waals surface area contributed by atoms with Gasteiger partial charge in [-0.25, -0.2) is 0 Å². The van der Waals surface area contributed by atoms with E-state index in [9.17, 15) is 4.79 Å². The first-order valence-corrected chi connectivity index (χ1v) is 7.43. The first-order valence-electron chi connectivity index (χ1n) is 7.43. The summed E-state index contributed by atoms with van der Waals surface area (Å²) in [5.74, 6) is 0.984. The first-order chi connectivity index (χ1) is 8.40. The van der Waals surface area contributed by atoms with Gasteiger partial charge in [0, 0.05) is 6.54 Å². The second-order valence-corrected chi connectivity index (χ2v) is 6.58. The summed E-state index contributed by atoms with van der Waals surface area (Å²) in [4.78, 5) is 12.0. The Labute approximate surface area is 124 Å². The number of nitrogens with two attached hydrogens (primary N) is 1. The lowest BCUT2D eigenvalue weighted by Gasteiger charge is -2.43. The number of carbonyl (C=O) groups excluding carboxylic acids is 1. The molecule has 0 spiro atoms. The summed E-state index contributed by atoms with van der Waals surface area (Å²) >= 11 is 0. The molecular weight excluding hydrogens is 260 g/mol. The molecule has 1 fully saturated rings. The van der Waals surface area contributed by atoms with Gasteiger partial charge in [-0.3, -0.25) is 4.79 Å². The van der Waals surface area contributed by atoms with Gasteiger partial charge in [0.15, 0.2) is 0 Å². The second kappa shape index (κ2) is 8.11. The van der Waals surface area contributed by atoms with Crippen LogP contribution < -0.4 is 11.1 Å². The van der Waals surface area contributed by atoms with Crippen LogP contribution in [-0.4, -0.2) is 18.5 Å². The topological polar surface area (TPSA) is 55.1 Å². The van der Waals surface area contributed by atoms with Crippen molar-refractivity contribution in [3.8, 4) is 0 Å². The van der Waals surface area contributed by atoms with Crippen LogP contribution in [0.15, 0.2) is 0 Å². The van der Waals surface area contributed by atoms with E-state index in [1.54, 1.807) is 0 Å². The maximum atomic E-state index is 12.0. The molecule has 3 nitrogen and oxygen atoms in total. The van der Waals surface area contributed by atoms with Crippen LogP contribution in [0.2, 0.25) is 0 Å². The molecule has 1 rings (SSSR count). The van der Waals surface area contributed by atoms with E-state index in [1.165, 1.54) is 25.7 Å². The van der Waals surface area contributed by atoms with E-state index < -0.39 is 0 Å². The van der Waals surface area contributed by atoms with E-state index in [0.717, 1.165) is 13.0 Å². The number of carbonyl (C=O) groups is 1. The van der Waals surface area contributed by atoms with Crippen molar-refractivity contribution in [1.29, 1.82) is 0 Å². The fourth-order valence-electron chi connectivity index (χ4n) is 2.90. The zero-order valence-corrected chi connectivity index (χ0v) is 13.7. The third-order valence-electron chi connectivity index (χ3n) is 4.45. The fourth-order valence-corrected chi connectivity index (χ4v) is 2.90. The molecule has 1 aliphatic carbocycles. The highest BCUT2D eigenvalue weighted by Gasteiger charge is 2.37. The molecule has 0 aromatic carbocycles. The molecule has 4 heteroatoms. The Kier molecular flexibility index (Phi) is 7.99. The van der Waals surface area contributed by atoms with Gasteiger partial charge in [-0.05, 0) is 36.5 Å². The van der Waals surface area contributed by atoms with Crippen molar-refractivity contribution in [2.24, 2.45) is 23.0 Å². The van der Waals surface area contributed by atoms with Crippen molar-refractivity contribution < 1.29 is 4.79 Å². The lowest BCUT2D eigenvalue weighted by atomic mass is 9.64. The molecular formula is C15H31ClN2O. The van der Waals surface area contributed by atoms with Crippen molar-refractivity contribution in [3.05, 3.63) is 0 Å². The smallest absolute Gasteiger partial charge is 0.237 e. The molecule has 2 unspecified atom stereocenters. The van der Waals surface area contributed by atoms with E-state index in [4.69, 9.17) is 5.73 Å². The Hall–Kier alpha value is -0.280. The van der Waals surface area contributed by atoms with Gasteiger partial charge in [-0.2, -0.15) is 0 Å². The molecule has 3 N–H and O–H groups in total. The highest BCUT2D eigenvalue weighted by molar-refractivity contribution is 5.85. The zero-order chi connectivity index (χ0) is 13.8. The van der Waals surface area contributed by atoms with Crippen molar-refractivity contribution in [3.63, 3.8) is 0 Å². The molecule has 0 heterocycles. The van der Waals surface area contributed by atoms with Crippen molar-refractivity contribution >= 4 is 18.3 Å². The second-order valence-electron chi connectivity index (χ2n) is 6.58. The minimum absolute atomic E-state index is 0. The highest BCUT2D eigenvalue weighted by Crippen LogP contribution is 2.45. The Balaban J connectivity index is 0.00000324. The van der Waals surface area contributed by atoms with Crippen molar-refractivity contribution in [2.75, 3.05) is 6.54 Å². The van der Waals surface area contributed by atoms with Gasteiger partial charge in [0.25, 0.3) is 0 Å². The molecule has 114 valence electrons. The molecule has 2 atom stereocenters. The number of rotatable bonds is 7. The molecule has 1 amide bonds. The summed E-state index contributed by atoms with van der Waals surface area (Å²) in [6.45, 7) is 9.44. The molecule has 1 aliphatic rings. The molecule has 0 aromatic heterocycles. The Morgan fingerprint density at radius 1 is 1.32 bits per heavy atom. The van der Waals surface area contributed by atoms with Crippen LogP contribution in [0, 0.1) is 17.3 Å². The molecule has 0 radical (unpaired) electrons. The van der Waals surface area contributed by atoms with Crippen molar-refractivity contribution in [1.82, 2.24) is 5.32 Å². The number of nitrogens with one attached hydrogen (secondary N) is 1. The van der Waals surface area contributed by atoms with Crippen LogP contribution in [0.3, 0.4) is 0 Å². The van der Waals surface area contributed by atoms with Crippen LogP contribution in [0.4, 0.5) is 0 Å². The summed E-state index contributed by atoms with van der Waals surface area (Å²) in [6.07, 6.45) is 5.98. The predicted molar refractivity (Wildman–Crippen MR) is 83.4 cm³/mol. The number of hydrogen-bond donors (Lipinski definition) is 2. The van der Waals surface area contributed by atoms with Crippen LogP contribution in [0.5, 0.6) is 0 Å². The van der Waals surface area contributed by atoms with Crippen LogP contribution in [0.25, 0.3) is 0 Å². The van der Waals surface area contributed by atoms with Crippen LogP contribution in [-0.2, 0) is 4.79 Å². The maximum absolute atomic E-state index is 12.0. The van der Waals surface area contributed by atoms with E-state index in [-0.39, 0.29) is 30.3 Å². The molecule has 0 aromatic rings. The summed E-state index contributed by atoms with van der Waals surface area (Å²) < 4.78 is 0. The molecule has 0 bridgehead atoms. The lowest BCUT2D eigenvalue weighted by Crippen LogP contribution is -2.49. The van der Waals surface area contributed by atoms with Crippen LogP contribution in [0.1, 0.15) is 59.8 Å². The monoisotopic (exact) mass is 290 g/mol. The Morgan fingerprint density at radius 2 is 1.89 bits per heavy atom. The standard InChI is InChI=1S/C15H30N2O.ClH/c1-5-12(4)13(16)14(18)17-10-15(7-6-8-15)9-11(2)3;/h11-13H,5-10,16H2,1-4H3,(H,17,18);1H. The summed E-state index contributed by atoms with van der Waals surface area (Å²) in [7, 11) is 0. The fraction of sp³-hybridized carbons (Fsp3) is 0.933. The van der Waals surface area contributed by atoms with Gasteiger partial charge in [-0.1, -0.05) is 40.5 Å². The molecule has 0 saturated heterocycles. The van der Waals surface area contributed by atoms with Gasteiger partial charge < -0.3 is 11.1 Å². The normalized spacial score (nSPS) is 20.1. The highest BCUT2D eigenvalue weighted by atomic mass is 35.5. The van der Waals surface area contributed by atoms with E-state index in [2.05, 4.69) is 26.1 Å². The average molecular weight is 291 g/mol. The van der Waals surface area contributed by atoms with Gasteiger partial charge in [-0.15, -0.1) is 12.4 Å². The largest absolute Gasteiger partial charge is 0.354 e. The summed E-state index contributed by atoms with van der Waals surface area (Å²) in [5.41, 5.74) is 6.31. The quantitative estimate of drug-likeness (QED) is 0.757. The first kappa shape index (κ1) is 18.7. The van der Waals surface area contributed by atoms with Crippen molar-refractivity contribution in [2.45, 2.75) is 65.8 Å². The van der Waals surface area contributed by atoms with Gasteiger partial charge in [0.05, 0.1) is 6.04 Å². The SMILES string of the molecule is CCC(C)C(N)C(=O)NCC1(CC(C)C)CCC1.Cl. The third-order valence-corrected chi connectivity index (χ3v) is 4.45. The summed E-state index contributed by atoms with van der Waals surface area (Å²) in [5, 5.41) is 3.08.